The Hall–Kier alpha value is -2.37. The van der Waals surface area contributed by atoms with Crippen LogP contribution in [-0.2, 0) is 12.3 Å². The van der Waals surface area contributed by atoms with Crippen molar-refractivity contribution in [3.63, 3.8) is 0 Å². The molecule has 0 spiro atoms. The number of aromatic nitrogens is 3. The lowest BCUT2D eigenvalue weighted by Crippen LogP contribution is -2.02. The van der Waals surface area contributed by atoms with E-state index in [1.54, 1.807) is 36.3 Å². The highest BCUT2D eigenvalue weighted by Gasteiger charge is 2.12. The molecular formula is C20H15ClFN3S. The van der Waals surface area contributed by atoms with Crippen molar-refractivity contribution < 1.29 is 4.39 Å². The Morgan fingerprint density at radius 1 is 1.04 bits per heavy atom. The van der Waals surface area contributed by atoms with Crippen molar-refractivity contribution >= 4 is 34.4 Å². The first-order valence-corrected chi connectivity index (χ1v) is 9.47. The first kappa shape index (κ1) is 17.1. The van der Waals surface area contributed by atoms with E-state index in [9.17, 15) is 4.39 Å². The van der Waals surface area contributed by atoms with E-state index in [0.29, 0.717) is 6.54 Å². The Morgan fingerprint density at radius 2 is 1.88 bits per heavy atom. The van der Waals surface area contributed by atoms with Gasteiger partial charge < -0.3 is 4.57 Å². The molecule has 0 saturated carbocycles. The minimum atomic E-state index is -0.238. The number of benzene rings is 2. The van der Waals surface area contributed by atoms with Gasteiger partial charge in [-0.3, -0.25) is 4.98 Å². The minimum absolute atomic E-state index is 0.238. The molecule has 26 heavy (non-hydrogen) atoms. The molecule has 0 aliphatic rings. The molecule has 0 atom stereocenters. The molecule has 4 aromatic rings. The first-order chi connectivity index (χ1) is 12.7. The topological polar surface area (TPSA) is 30.7 Å². The second-order valence-electron chi connectivity index (χ2n) is 5.89. The second kappa shape index (κ2) is 7.48. The summed E-state index contributed by atoms with van der Waals surface area (Å²) >= 11 is 7.70. The highest BCUT2D eigenvalue weighted by atomic mass is 35.5. The van der Waals surface area contributed by atoms with Crippen molar-refractivity contribution in [3.05, 3.63) is 89.0 Å². The van der Waals surface area contributed by atoms with Gasteiger partial charge >= 0.3 is 0 Å². The standard InChI is InChI=1S/C20H15ClFN3S/c21-16-5-1-4-15(9-16)13-26-20-24-18-7-8-23-11-19(18)25(20)12-14-3-2-6-17(22)10-14/h1-11H,12-13H2. The quantitative estimate of drug-likeness (QED) is 0.422. The predicted octanol–water partition coefficient (Wildman–Crippen LogP) is 5.56. The van der Waals surface area contributed by atoms with Gasteiger partial charge in [0.05, 0.1) is 23.8 Å². The zero-order valence-corrected chi connectivity index (χ0v) is 15.3. The Balaban J connectivity index is 1.67. The maximum Gasteiger partial charge on any atom is 0.169 e. The average molecular weight is 384 g/mol. The summed E-state index contributed by atoms with van der Waals surface area (Å²) in [6.45, 7) is 0.540. The van der Waals surface area contributed by atoms with Crippen LogP contribution in [0.5, 0.6) is 0 Å². The monoisotopic (exact) mass is 383 g/mol. The van der Waals surface area contributed by atoms with Crippen LogP contribution in [0.4, 0.5) is 4.39 Å². The van der Waals surface area contributed by atoms with Crippen LogP contribution in [0.15, 0.2) is 72.1 Å². The summed E-state index contributed by atoms with van der Waals surface area (Å²) in [5.74, 6) is 0.513. The predicted molar refractivity (Wildman–Crippen MR) is 104 cm³/mol. The molecule has 2 aromatic carbocycles. The van der Waals surface area contributed by atoms with Crippen LogP contribution in [0.2, 0.25) is 5.02 Å². The fourth-order valence-electron chi connectivity index (χ4n) is 2.80. The van der Waals surface area contributed by atoms with Crippen LogP contribution in [0.3, 0.4) is 0 Å². The van der Waals surface area contributed by atoms with E-state index < -0.39 is 0 Å². The minimum Gasteiger partial charge on any atom is -0.313 e. The highest BCUT2D eigenvalue weighted by molar-refractivity contribution is 7.98. The lowest BCUT2D eigenvalue weighted by atomic mass is 10.2. The second-order valence-corrected chi connectivity index (χ2v) is 7.27. The Morgan fingerprint density at radius 3 is 2.73 bits per heavy atom. The van der Waals surface area contributed by atoms with E-state index in [1.807, 2.05) is 36.4 Å². The van der Waals surface area contributed by atoms with Crippen molar-refractivity contribution in [2.24, 2.45) is 0 Å². The first-order valence-electron chi connectivity index (χ1n) is 8.11. The van der Waals surface area contributed by atoms with Crippen LogP contribution in [0.25, 0.3) is 11.0 Å². The van der Waals surface area contributed by atoms with Crippen LogP contribution < -0.4 is 0 Å². The SMILES string of the molecule is Fc1cccc(Cn2c(SCc3cccc(Cl)c3)nc3ccncc32)c1. The van der Waals surface area contributed by atoms with Gasteiger partial charge in [-0.15, -0.1) is 0 Å². The third kappa shape index (κ3) is 3.74. The molecule has 0 radical (unpaired) electrons. The molecule has 4 rings (SSSR count). The molecule has 2 heterocycles. The molecule has 6 heteroatoms. The van der Waals surface area contributed by atoms with E-state index in [0.717, 1.165) is 38.1 Å². The van der Waals surface area contributed by atoms with Gasteiger partial charge in [-0.05, 0) is 41.5 Å². The van der Waals surface area contributed by atoms with E-state index in [1.165, 1.54) is 6.07 Å². The van der Waals surface area contributed by atoms with Crippen LogP contribution in [-0.4, -0.2) is 14.5 Å². The third-order valence-electron chi connectivity index (χ3n) is 4.00. The lowest BCUT2D eigenvalue weighted by molar-refractivity contribution is 0.622. The molecule has 0 N–H and O–H groups in total. The molecule has 3 nitrogen and oxygen atoms in total. The van der Waals surface area contributed by atoms with Gasteiger partial charge in [-0.2, -0.15) is 0 Å². The Labute approximate surface area is 159 Å². The molecule has 0 fully saturated rings. The van der Waals surface area contributed by atoms with E-state index >= 15 is 0 Å². The number of hydrogen-bond acceptors (Lipinski definition) is 3. The summed E-state index contributed by atoms with van der Waals surface area (Å²) in [7, 11) is 0. The third-order valence-corrected chi connectivity index (χ3v) is 5.28. The van der Waals surface area contributed by atoms with Crippen molar-refractivity contribution in [2.45, 2.75) is 17.5 Å². The fraction of sp³-hybridized carbons (Fsp3) is 0.100. The molecule has 0 unspecified atom stereocenters. The van der Waals surface area contributed by atoms with Crippen molar-refractivity contribution in [2.75, 3.05) is 0 Å². The summed E-state index contributed by atoms with van der Waals surface area (Å²) in [5, 5.41) is 1.60. The fourth-order valence-corrected chi connectivity index (χ4v) is 3.97. The van der Waals surface area contributed by atoms with Gasteiger partial charge in [-0.25, -0.2) is 9.37 Å². The number of imidazole rings is 1. The van der Waals surface area contributed by atoms with Crippen molar-refractivity contribution in [1.29, 1.82) is 0 Å². The van der Waals surface area contributed by atoms with Crippen LogP contribution >= 0.6 is 23.4 Å². The van der Waals surface area contributed by atoms with Gasteiger partial charge in [0, 0.05) is 17.0 Å². The summed E-state index contributed by atoms with van der Waals surface area (Å²) < 4.78 is 15.6. The summed E-state index contributed by atoms with van der Waals surface area (Å²) in [6, 6.07) is 16.3. The number of fused-ring (bicyclic) bond motifs is 1. The maximum absolute atomic E-state index is 13.6. The normalized spacial score (nSPS) is 11.2. The summed E-state index contributed by atoms with van der Waals surface area (Å²) in [4.78, 5) is 8.94. The number of thioether (sulfide) groups is 1. The van der Waals surface area contributed by atoms with Gasteiger partial charge in [0.2, 0.25) is 0 Å². The zero-order valence-electron chi connectivity index (χ0n) is 13.8. The lowest BCUT2D eigenvalue weighted by Gasteiger charge is -2.09. The Bertz CT molecular complexity index is 1060. The van der Waals surface area contributed by atoms with E-state index in [2.05, 4.69) is 9.55 Å². The molecule has 0 aliphatic carbocycles. The van der Waals surface area contributed by atoms with E-state index in [4.69, 9.17) is 16.6 Å². The van der Waals surface area contributed by atoms with Gasteiger partial charge in [0.1, 0.15) is 5.82 Å². The molecule has 2 aromatic heterocycles. The van der Waals surface area contributed by atoms with Crippen LogP contribution in [0.1, 0.15) is 11.1 Å². The highest BCUT2D eigenvalue weighted by Crippen LogP contribution is 2.28. The van der Waals surface area contributed by atoms with Gasteiger partial charge in [-0.1, -0.05) is 47.6 Å². The summed E-state index contributed by atoms with van der Waals surface area (Å²) in [5.41, 5.74) is 3.83. The Kier molecular flexibility index (Phi) is 4.91. The number of rotatable bonds is 5. The van der Waals surface area contributed by atoms with Crippen LogP contribution in [0, 0.1) is 5.82 Å². The molecule has 130 valence electrons. The molecular weight excluding hydrogens is 369 g/mol. The molecule has 0 bridgehead atoms. The van der Waals surface area contributed by atoms with Gasteiger partial charge in [0.25, 0.3) is 0 Å². The molecule has 0 aliphatic heterocycles. The van der Waals surface area contributed by atoms with Crippen molar-refractivity contribution in [3.8, 4) is 0 Å². The number of halogens is 2. The molecule has 0 saturated heterocycles. The number of pyridine rings is 1. The smallest absolute Gasteiger partial charge is 0.169 e. The van der Waals surface area contributed by atoms with E-state index in [-0.39, 0.29) is 5.82 Å². The average Bonchev–Trinajstić information content (AvgIpc) is 2.98. The summed E-state index contributed by atoms with van der Waals surface area (Å²) in [6.07, 6.45) is 3.53. The number of nitrogens with zero attached hydrogens (tertiary/aromatic N) is 3. The van der Waals surface area contributed by atoms with Crippen molar-refractivity contribution in [1.82, 2.24) is 14.5 Å². The maximum atomic E-state index is 13.6. The number of hydrogen-bond donors (Lipinski definition) is 0. The zero-order chi connectivity index (χ0) is 17.9. The van der Waals surface area contributed by atoms with Gasteiger partial charge in [0.15, 0.2) is 5.16 Å². The molecule has 0 amide bonds. The largest absolute Gasteiger partial charge is 0.313 e.